The van der Waals surface area contributed by atoms with Crippen molar-refractivity contribution in [3.8, 4) is 11.1 Å². The van der Waals surface area contributed by atoms with Gasteiger partial charge in [-0.05, 0) is 18.9 Å². The summed E-state index contributed by atoms with van der Waals surface area (Å²) in [4.78, 5) is 0. The zero-order valence-corrected chi connectivity index (χ0v) is 33.4. The molecular formula is C42H40Cl2F6Zr-2. The van der Waals surface area contributed by atoms with E-state index in [0.717, 1.165) is 54.9 Å². The molecule has 0 aromatic heterocycles. The number of aryl methyl sites for hydroxylation is 3. The monoisotopic (exact) mass is 818 g/mol. The quantitative estimate of drug-likeness (QED) is 0.148. The molecule has 0 saturated heterocycles. The average Bonchev–Trinajstić information content (AvgIpc) is 3.65. The van der Waals surface area contributed by atoms with Crippen molar-refractivity contribution in [2.75, 3.05) is 0 Å². The fraction of sp³-hybridized carbons (Fsp3) is 0.286. The molecular weight excluding hydrogens is 781 g/mol. The van der Waals surface area contributed by atoms with Gasteiger partial charge in [0.2, 0.25) is 0 Å². The molecule has 0 heterocycles. The maximum atomic E-state index is 12.7. The maximum Gasteiger partial charge on any atom is -1.00 e. The van der Waals surface area contributed by atoms with Gasteiger partial charge in [-0.15, -0.1) is 11.1 Å². The summed E-state index contributed by atoms with van der Waals surface area (Å²) < 4.78 is 76.7. The van der Waals surface area contributed by atoms with Gasteiger partial charge in [-0.3, -0.25) is 0 Å². The number of halogens is 8. The van der Waals surface area contributed by atoms with Gasteiger partial charge in [0.25, 0.3) is 0 Å². The molecule has 0 radical (unpaired) electrons. The summed E-state index contributed by atoms with van der Waals surface area (Å²) in [6, 6.07) is 30.5. The van der Waals surface area contributed by atoms with Gasteiger partial charge >= 0.3 is 137 Å². The smallest absolute Gasteiger partial charge is 1.00 e. The minimum absolute atomic E-state index is 0. The first-order valence-electron chi connectivity index (χ1n) is 16.2. The number of hydrogen-bond acceptors (Lipinski definition) is 0. The Morgan fingerprint density at radius 3 is 1.76 bits per heavy atom. The van der Waals surface area contributed by atoms with Crippen LogP contribution in [0.5, 0.6) is 0 Å². The van der Waals surface area contributed by atoms with Gasteiger partial charge in [0.1, 0.15) is 0 Å². The Hall–Kier alpha value is -2.86. The molecule has 0 bridgehead atoms. The molecule has 0 fully saturated rings. The molecule has 0 atom stereocenters. The van der Waals surface area contributed by atoms with Gasteiger partial charge in [-0.1, -0.05) is 82.2 Å². The van der Waals surface area contributed by atoms with Crippen LogP contribution in [0, 0.1) is 19.9 Å². The summed E-state index contributed by atoms with van der Waals surface area (Å²) in [7, 11) is 0. The van der Waals surface area contributed by atoms with E-state index in [2.05, 4.69) is 96.1 Å². The molecule has 0 spiro atoms. The van der Waals surface area contributed by atoms with Crippen LogP contribution in [0.4, 0.5) is 26.3 Å². The summed E-state index contributed by atoms with van der Waals surface area (Å²) in [5.41, 5.74) is 10.3. The molecule has 6 rings (SSSR count). The SMILES string of the molecule is CCCc1cc(C(C)(C)C)c[cH-]1.Cc1[c-]c2c(cc1)-c1ccc(C)cc1C2.FC(F)(F)c1cccc([C](=[Zr+2])c2cccc(C(F)(F)F)c2)c1.[Cl-].[Cl-]. The van der Waals surface area contributed by atoms with E-state index < -0.39 is 23.5 Å². The largest absolute Gasteiger partial charge is 1.00 e. The van der Waals surface area contributed by atoms with Crippen LogP contribution in [0.25, 0.3) is 11.1 Å². The van der Waals surface area contributed by atoms with Crippen LogP contribution in [0.2, 0.25) is 0 Å². The summed E-state index contributed by atoms with van der Waals surface area (Å²) in [6.45, 7) is 13.3. The predicted molar refractivity (Wildman–Crippen MR) is 184 cm³/mol. The summed E-state index contributed by atoms with van der Waals surface area (Å²) in [5.74, 6) is 0. The van der Waals surface area contributed by atoms with E-state index in [1.165, 1.54) is 81.6 Å². The Labute approximate surface area is 325 Å². The molecule has 270 valence electrons. The third kappa shape index (κ3) is 12.1. The second-order valence-corrected chi connectivity index (χ2v) is 14.6. The summed E-state index contributed by atoms with van der Waals surface area (Å²) in [5, 5.41) is 0. The van der Waals surface area contributed by atoms with E-state index in [1.807, 2.05) is 0 Å². The number of rotatable bonds is 4. The predicted octanol–water partition coefficient (Wildman–Crippen LogP) is 6.18. The van der Waals surface area contributed by atoms with Crippen LogP contribution in [0.3, 0.4) is 0 Å². The van der Waals surface area contributed by atoms with E-state index in [4.69, 9.17) is 0 Å². The summed E-state index contributed by atoms with van der Waals surface area (Å²) >= 11 is 0.729. The zero-order chi connectivity index (χ0) is 36.1. The Balaban J connectivity index is 0.000000273. The van der Waals surface area contributed by atoms with Crippen molar-refractivity contribution < 1.29 is 75.4 Å². The topological polar surface area (TPSA) is 0 Å². The maximum absolute atomic E-state index is 12.7. The van der Waals surface area contributed by atoms with Gasteiger partial charge in [-0.2, -0.15) is 47.0 Å². The molecule has 1 aliphatic carbocycles. The second kappa shape index (κ2) is 18.3. The first-order chi connectivity index (χ1) is 22.9. The van der Waals surface area contributed by atoms with E-state index >= 15 is 0 Å². The third-order valence-corrected chi connectivity index (χ3v) is 9.69. The number of benzene rings is 4. The molecule has 0 amide bonds. The van der Waals surface area contributed by atoms with Gasteiger partial charge in [0.15, 0.2) is 0 Å². The number of fused-ring (bicyclic) bond motifs is 3. The van der Waals surface area contributed by atoms with E-state index in [-0.39, 0.29) is 35.9 Å². The van der Waals surface area contributed by atoms with E-state index in [9.17, 15) is 26.3 Å². The fourth-order valence-corrected chi connectivity index (χ4v) is 6.41. The van der Waals surface area contributed by atoms with Crippen molar-refractivity contribution >= 4 is 3.21 Å². The molecule has 0 saturated carbocycles. The van der Waals surface area contributed by atoms with Gasteiger partial charge in [0.05, 0.1) is 0 Å². The van der Waals surface area contributed by atoms with Crippen molar-refractivity contribution in [1.82, 2.24) is 0 Å². The van der Waals surface area contributed by atoms with Crippen molar-refractivity contribution in [1.29, 1.82) is 0 Å². The summed E-state index contributed by atoms with van der Waals surface area (Å²) in [6.07, 6.45) is -5.46. The van der Waals surface area contributed by atoms with Crippen molar-refractivity contribution in [3.05, 3.63) is 159 Å². The number of alkyl halides is 6. The van der Waals surface area contributed by atoms with Crippen LogP contribution in [-0.4, -0.2) is 3.21 Å². The third-order valence-electron chi connectivity index (χ3n) is 8.27. The Kier molecular flexibility index (Phi) is 15.9. The van der Waals surface area contributed by atoms with Crippen molar-refractivity contribution in [2.24, 2.45) is 0 Å². The molecule has 1 aliphatic rings. The van der Waals surface area contributed by atoms with Gasteiger partial charge in [-0.25, -0.2) is 6.07 Å². The standard InChI is InChI=1S/C15H8F6.C15H13.C12H19.2ClH.Zr/c16-14(17,18)12-5-1-3-10(8-12)7-11-4-2-6-13(9-11)15(19,20)21;1-10-3-5-14-12(7-10)9-13-8-11(2)4-6-15(13)14;1-5-6-10-7-8-11(9-10)12(2,3)4;;;/h1-6,8-9H;3-7H,9H2,1-2H3;7-9H,5-6H2,1-4H3;2*1H;/q;2*-1;;;+2/p-2. The van der Waals surface area contributed by atoms with Crippen LogP contribution in [-0.2, 0) is 54.8 Å². The molecule has 5 aromatic rings. The van der Waals surface area contributed by atoms with Crippen molar-refractivity contribution in [3.63, 3.8) is 0 Å². The molecule has 0 aliphatic heterocycles. The Morgan fingerprint density at radius 2 is 1.27 bits per heavy atom. The first kappa shape index (κ1) is 44.3. The molecule has 0 unspecified atom stereocenters. The van der Waals surface area contributed by atoms with Crippen LogP contribution in [0.1, 0.15) is 89.8 Å². The van der Waals surface area contributed by atoms with E-state index in [0.29, 0.717) is 8.62 Å². The number of hydrogen-bond donors (Lipinski definition) is 0. The van der Waals surface area contributed by atoms with Crippen LogP contribution < -0.4 is 24.8 Å². The molecule has 0 nitrogen and oxygen atoms in total. The average molecular weight is 821 g/mol. The molecule has 0 N–H and O–H groups in total. The minimum atomic E-state index is -4.49. The minimum Gasteiger partial charge on any atom is -1.00 e. The Morgan fingerprint density at radius 1 is 0.725 bits per heavy atom. The molecule has 51 heavy (non-hydrogen) atoms. The first-order valence-corrected chi connectivity index (χ1v) is 17.4. The normalized spacial score (nSPS) is 11.8. The van der Waals surface area contributed by atoms with E-state index in [1.54, 1.807) is 0 Å². The van der Waals surface area contributed by atoms with Gasteiger partial charge in [0, 0.05) is 0 Å². The Bertz CT molecular complexity index is 1800. The zero-order valence-electron chi connectivity index (χ0n) is 29.4. The van der Waals surface area contributed by atoms with Gasteiger partial charge < -0.3 is 24.8 Å². The fourth-order valence-electron chi connectivity index (χ4n) is 5.64. The molecule has 9 heteroatoms. The second-order valence-electron chi connectivity index (χ2n) is 13.4. The van der Waals surface area contributed by atoms with Crippen LogP contribution >= 0.6 is 0 Å². The molecule has 5 aromatic carbocycles. The van der Waals surface area contributed by atoms with Crippen molar-refractivity contribution in [2.45, 2.75) is 78.6 Å². The van der Waals surface area contributed by atoms with Crippen LogP contribution in [0.15, 0.2) is 97.1 Å².